The molecule has 0 radical (unpaired) electrons. The smallest absolute Gasteiger partial charge is 0.261 e. The number of benzene rings is 1. The maximum absolute atomic E-state index is 12.1. The molecular weight excluding hydrogens is 276 g/mol. The molecule has 0 spiro atoms. The molecule has 1 aromatic rings. The van der Waals surface area contributed by atoms with Crippen LogP contribution < -0.4 is 10.1 Å². The number of aryl methyl sites for hydroxylation is 1. The highest BCUT2D eigenvalue weighted by Gasteiger charge is 2.16. The van der Waals surface area contributed by atoms with E-state index < -0.39 is 13.0 Å². The van der Waals surface area contributed by atoms with Gasteiger partial charge in [-0.25, -0.2) is 8.78 Å². The maximum Gasteiger partial charge on any atom is 0.261 e. The molecule has 0 fully saturated rings. The molecule has 0 aliphatic heterocycles. The standard InChI is InChI=1S/C16H25F2NO2/c1-4-19-14(8-9-20-11-16(17)18)13-10-12(3)6-7-15(13)21-5-2/h6-7,10,14,16,19H,4-5,8-9,11H2,1-3H3. The summed E-state index contributed by atoms with van der Waals surface area (Å²) in [5.41, 5.74) is 2.20. The summed E-state index contributed by atoms with van der Waals surface area (Å²) in [6, 6.07) is 6.07. The quantitative estimate of drug-likeness (QED) is 0.668. The summed E-state index contributed by atoms with van der Waals surface area (Å²) < 4.78 is 34.8. The van der Waals surface area contributed by atoms with Crippen LogP contribution in [0.1, 0.15) is 37.4 Å². The first-order valence-corrected chi connectivity index (χ1v) is 7.41. The van der Waals surface area contributed by atoms with Gasteiger partial charge in [0, 0.05) is 18.2 Å². The molecule has 21 heavy (non-hydrogen) atoms. The molecule has 3 nitrogen and oxygen atoms in total. The van der Waals surface area contributed by atoms with Gasteiger partial charge in [-0.15, -0.1) is 0 Å². The molecule has 0 heterocycles. The lowest BCUT2D eigenvalue weighted by atomic mass is 10.0. The number of hydrogen-bond donors (Lipinski definition) is 1. The van der Waals surface area contributed by atoms with Gasteiger partial charge >= 0.3 is 0 Å². The van der Waals surface area contributed by atoms with Crippen molar-refractivity contribution in [2.45, 2.75) is 39.7 Å². The number of ether oxygens (including phenoxy) is 2. The third-order valence-electron chi connectivity index (χ3n) is 3.09. The first kappa shape index (κ1) is 17.9. The molecule has 120 valence electrons. The fourth-order valence-corrected chi connectivity index (χ4v) is 2.21. The second-order valence-corrected chi connectivity index (χ2v) is 4.84. The average Bonchev–Trinajstić information content (AvgIpc) is 2.44. The molecule has 1 unspecified atom stereocenters. The highest BCUT2D eigenvalue weighted by Crippen LogP contribution is 2.28. The number of rotatable bonds is 10. The summed E-state index contributed by atoms with van der Waals surface area (Å²) in [5, 5.41) is 3.37. The van der Waals surface area contributed by atoms with E-state index >= 15 is 0 Å². The summed E-state index contributed by atoms with van der Waals surface area (Å²) in [6.45, 7) is 7.15. The van der Waals surface area contributed by atoms with Gasteiger partial charge in [-0.2, -0.15) is 0 Å². The Bertz CT molecular complexity index is 413. The summed E-state index contributed by atoms with van der Waals surface area (Å²) in [6.07, 6.45) is -1.79. The van der Waals surface area contributed by atoms with E-state index in [0.29, 0.717) is 19.6 Å². The average molecular weight is 301 g/mol. The Balaban J connectivity index is 2.76. The minimum atomic E-state index is -2.42. The fraction of sp³-hybridized carbons (Fsp3) is 0.625. The van der Waals surface area contributed by atoms with Crippen LogP contribution in [0, 0.1) is 6.92 Å². The Morgan fingerprint density at radius 2 is 2.00 bits per heavy atom. The highest BCUT2D eigenvalue weighted by molar-refractivity contribution is 5.39. The van der Waals surface area contributed by atoms with Crippen LogP contribution in [-0.4, -0.2) is 32.8 Å². The molecule has 0 aromatic heterocycles. The minimum Gasteiger partial charge on any atom is -0.494 e. The molecule has 5 heteroatoms. The van der Waals surface area contributed by atoms with Crippen molar-refractivity contribution in [1.82, 2.24) is 5.32 Å². The van der Waals surface area contributed by atoms with Crippen molar-refractivity contribution in [3.63, 3.8) is 0 Å². The largest absolute Gasteiger partial charge is 0.494 e. The number of hydrogen-bond acceptors (Lipinski definition) is 3. The third kappa shape index (κ3) is 6.40. The van der Waals surface area contributed by atoms with Gasteiger partial charge < -0.3 is 14.8 Å². The van der Waals surface area contributed by atoms with Crippen LogP contribution in [-0.2, 0) is 4.74 Å². The SMILES string of the molecule is CCNC(CCOCC(F)F)c1cc(C)ccc1OCC. The summed E-state index contributed by atoms with van der Waals surface area (Å²) in [5.74, 6) is 0.836. The van der Waals surface area contributed by atoms with Crippen molar-refractivity contribution < 1.29 is 18.3 Å². The van der Waals surface area contributed by atoms with Gasteiger partial charge in [0.15, 0.2) is 0 Å². The molecule has 0 saturated carbocycles. The van der Waals surface area contributed by atoms with Crippen LogP contribution in [0.5, 0.6) is 5.75 Å². The van der Waals surface area contributed by atoms with E-state index in [1.165, 1.54) is 0 Å². The van der Waals surface area contributed by atoms with Gasteiger partial charge in [-0.1, -0.05) is 24.6 Å². The highest BCUT2D eigenvalue weighted by atomic mass is 19.3. The van der Waals surface area contributed by atoms with Crippen molar-refractivity contribution in [3.05, 3.63) is 29.3 Å². The van der Waals surface area contributed by atoms with Crippen LogP contribution in [0.25, 0.3) is 0 Å². The van der Waals surface area contributed by atoms with E-state index in [1.54, 1.807) is 0 Å². The molecular formula is C16H25F2NO2. The Labute approximate surface area is 125 Å². The van der Waals surface area contributed by atoms with E-state index in [1.807, 2.05) is 32.9 Å². The fourth-order valence-electron chi connectivity index (χ4n) is 2.21. The Hall–Kier alpha value is -1.20. The van der Waals surface area contributed by atoms with Crippen molar-refractivity contribution in [2.75, 3.05) is 26.4 Å². The molecule has 1 atom stereocenters. The van der Waals surface area contributed by atoms with Crippen LogP contribution in [0.2, 0.25) is 0 Å². The molecule has 1 aromatic carbocycles. The molecule has 0 amide bonds. The van der Waals surface area contributed by atoms with Crippen molar-refractivity contribution in [1.29, 1.82) is 0 Å². The van der Waals surface area contributed by atoms with E-state index in [2.05, 4.69) is 11.4 Å². The van der Waals surface area contributed by atoms with Crippen molar-refractivity contribution in [2.24, 2.45) is 0 Å². The lowest BCUT2D eigenvalue weighted by molar-refractivity contribution is 0.0143. The zero-order chi connectivity index (χ0) is 15.7. The molecule has 0 saturated heterocycles. The lowest BCUT2D eigenvalue weighted by Crippen LogP contribution is -2.23. The van der Waals surface area contributed by atoms with E-state index in [-0.39, 0.29) is 6.04 Å². The second kappa shape index (κ2) is 9.68. The van der Waals surface area contributed by atoms with Gasteiger partial charge in [-0.3, -0.25) is 0 Å². The summed E-state index contributed by atoms with van der Waals surface area (Å²) >= 11 is 0. The van der Waals surface area contributed by atoms with Gasteiger partial charge in [0.05, 0.1) is 6.61 Å². The second-order valence-electron chi connectivity index (χ2n) is 4.84. The maximum atomic E-state index is 12.1. The molecule has 0 bridgehead atoms. The van der Waals surface area contributed by atoms with Gasteiger partial charge in [0.25, 0.3) is 6.43 Å². The Morgan fingerprint density at radius 1 is 1.24 bits per heavy atom. The minimum absolute atomic E-state index is 0.0362. The number of alkyl halides is 2. The normalized spacial score (nSPS) is 12.7. The molecule has 1 rings (SSSR count). The molecule has 0 aliphatic rings. The zero-order valence-electron chi connectivity index (χ0n) is 13.0. The van der Waals surface area contributed by atoms with Gasteiger partial charge in [0.2, 0.25) is 0 Å². The molecule has 0 aliphatic carbocycles. The van der Waals surface area contributed by atoms with Crippen molar-refractivity contribution >= 4 is 0 Å². The monoisotopic (exact) mass is 301 g/mol. The van der Waals surface area contributed by atoms with E-state index in [0.717, 1.165) is 23.4 Å². The topological polar surface area (TPSA) is 30.5 Å². The van der Waals surface area contributed by atoms with E-state index in [4.69, 9.17) is 9.47 Å². The zero-order valence-corrected chi connectivity index (χ0v) is 13.0. The Morgan fingerprint density at radius 3 is 2.62 bits per heavy atom. The first-order valence-electron chi connectivity index (χ1n) is 7.41. The van der Waals surface area contributed by atoms with Crippen LogP contribution in [0.3, 0.4) is 0 Å². The molecule has 1 N–H and O–H groups in total. The Kier molecular flexibility index (Phi) is 8.23. The summed E-state index contributed by atoms with van der Waals surface area (Å²) in [4.78, 5) is 0. The van der Waals surface area contributed by atoms with Crippen molar-refractivity contribution in [3.8, 4) is 5.75 Å². The number of halogens is 2. The third-order valence-corrected chi connectivity index (χ3v) is 3.09. The van der Waals surface area contributed by atoms with Crippen LogP contribution in [0.4, 0.5) is 8.78 Å². The first-order chi connectivity index (χ1) is 10.1. The van der Waals surface area contributed by atoms with Crippen LogP contribution >= 0.6 is 0 Å². The van der Waals surface area contributed by atoms with Crippen LogP contribution in [0.15, 0.2) is 18.2 Å². The number of nitrogens with one attached hydrogen (secondary N) is 1. The van der Waals surface area contributed by atoms with Gasteiger partial charge in [0.1, 0.15) is 12.4 Å². The predicted octanol–water partition coefficient (Wildman–Crippen LogP) is 3.72. The van der Waals surface area contributed by atoms with E-state index in [9.17, 15) is 8.78 Å². The predicted molar refractivity (Wildman–Crippen MR) is 80.2 cm³/mol. The van der Waals surface area contributed by atoms with Gasteiger partial charge in [-0.05, 0) is 32.9 Å². The lowest BCUT2D eigenvalue weighted by Gasteiger charge is -2.22. The summed E-state index contributed by atoms with van der Waals surface area (Å²) in [7, 11) is 0.